The number of benzene rings is 1. The number of carbonyl (C=O) groups is 2. The van der Waals surface area contributed by atoms with Crippen LogP contribution >= 0.6 is 0 Å². The molecule has 2 atom stereocenters. The van der Waals surface area contributed by atoms with E-state index in [9.17, 15) is 9.59 Å². The van der Waals surface area contributed by atoms with Crippen LogP contribution in [0.15, 0.2) is 24.3 Å². The predicted molar refractivity (Wildman–Crippen MR) is 102 cm³/mol. The van der Waals surface area contributed by atoms with Gasteiger partial charge in [-0.3, -0.25) is 9.59 Å². The first-order chi connectivity index (χ1) is 11.8. The molecular weight excluding hydrogens is 314 g/mol. The zero-order chi connectivity index (χ0) is 19.0. The molecular formula is C20H33N3O2. The highest BCUT2D eigenvalue weighted by Crippen LogP contribution is 2.25. The highest BCUT2D eigenvalue weighted by atomic mass is 16.2. The summed E-state index contributed by atoms with van der Waals surface area (Å²) >= 11 is 0. The van der Waals surface area contributed by atoms with E-state index in [1.807, 2.05) is 0 Å². The Morgan fingerprint density at radius 2 is 1.64 bits per heavy atom. The van der Waals surface area contributed by atoms with Crippen molar-refractivity contribution in [1.82, 2.24) is 15.5 Å². The first-order valence-corrected chi connectivity index (χ1v) is 9.07. The normalized spacial score (nSPS) is 13.4. The molecule has 0 spiro atoms. The Labute approximate surface area is 152 Å². The highest BCUT2D eigenvalue weighted by Gasteiger charge is 2.19. The lowest BCUT2D eigenvalue weighted by atomic mass is 9.92. The molecule has 0 aliphatic carbocycles. The van der Waals surface area contributed by atoms with E-state index in [1.165, 1.54) is 16.0 Å². The molecule has 1 aromatic carbocycles. The Balaban J connectivity index is 2.71. The molecule has 1 aromatic rings. The van der Waals surface area contributed by atoms with Gasteiger partial charge in [0.15, 0.2) is 0 Å². The van der Waals surface area contributed by atoms with Crippen molar-refractivity contribution in [3.8, 4) is 0 Å². The fourth-order valence-corrected chi connectivity index (χ4v) is 2.72. The molecule has 0 saturated carbocycles. The van der Waals surface area contributed by atoms with Gasteiger partial charge in [-0.15, -0.1) is 0 Å². The fourth-order valence-electron chi connectivity index (χ4n) is 2.72. The van der Waals surface area contributed by atoms with E-state index >= 15 is 0 Å². The Bertz CT molecular complexity index is 555. The van der Waals surface area contributed by atoms with Crippen molar-refractivity contribution in [3.63, 3.8) is 0 Å². The van der Waals surface area contributed by atoms with Gasteiger partial charge in [-0.25, -0.2) is 0 Å². The van der Waals surface area contributed by atoms with Crippen molar-refractivity contribution in [2.45, 2.75) is 46.1 Å². The van der Waals surface area contributed by atoms with Gasteiger partial charge in [-0.2, -0.15) is 0 Å². The second-order valence-electron chi connectivity index (χ2n) is 7.00. The molecule has 5 nitrogen and oxygen atoms in total. The van der Waals surface area contributed by atoms with E-state index in [0.29, 0.717) is 11.8 Å². The Kier molecular flexibility index (Phi) is 8.62. The molecule has 2 N–H and O–H groups in total. The zero-order valence-corrected chi connectivity index (χ0v) is 16.4. The Hall–Kier alpha value is -1.88. The molecule has 0 saturated heterocycles. The zero-order valence-electron chi connectivity index (χ0n) is 16.4. The standard InChI is InChI=1S/C20H33N3O2/c1-7-15(4)16-8-10-17(11-9-16)20(14(2)3)22-12-19(25)23(6)13-18(24)21-5/h8-11,14-15,20,22H,7,12-13H2,1-6H3,(H,21,24)/t15-,20-/m1/s1. The maximum atomic E-state index is 12.2. The number of nitrogens with one attached hydrogen (secondary N) is 2. The van der Waals surface area contributed by atoms with Gasteiger partial charge in [-0.1, -0.05) is 52.0 Å². The first-order valence-electron chi connectivity index (χ1n) is 9.07. The summed E-state index contributed by atoms with van der Waals surface area (Å²) in [6, 6.07) is 8.76. The van der Waals surface area contributed by atoms with Crippen molar-refractivity contribution in [3.05, 3.63) is 35.4 Å². The van der Waals surface area contributed by atoms with Crippen LogP contribution in [-0.2, 0) is 9.59 Å². The van der Waals surface area contributed by atoms with E-state index in [2.05, 4.69) is 62.6 Å². The smallest absolute Gasteiger partial charge is 0.239 e. The third-order valence-electron chi connectivity index (χ3n) is 4.70. The van der Waals surface area contributed by atoms with Crippen molar-refractivity contribution in [1.29, 1.82) is 0 Å². The summed E-state index contributed by atoms with van der Waals surface area (Å²) in [5.41, 5.74) is 2.53. The van der Waals surface area contributed by atoms with E-state index in [4.69, 9.17) is 0 Å². The van der Waals surface area contributed by atoms with Gasteiger partial charge >= 0.3 is 0 Å². The lowest BCUT2D eigenvalue weighted by molar-refractivity contribution is -0.134. The van der Waals surface area contributed by atoms with Gasteiger partial charge in [0.25, 0.3) is 0 Å². The molecule has 0 unspecified atom stereocenters. The lowest BCUT2D eigenvalue weighted by Crippen LogP contribution is -2.42. The summed E-state index contributed by atoms with van der Waals surface area (Å²) in [6.07, 6.45) is 1.12. The molecule has 140 valence electrons. The molecule has 0 fully saturated rings. The number of hydrogen-bond donors (Lipinski definition) is 2. The summed E-state index contributed by atoms with van der Waals surface area (Å²) in [6.45, 7) is 8.99. The predicted octanol–water partition coefficient (Wildman–Crippen LogP) is 2.69. The second-order valence-corrected chi connectivity index (χ2v) is 7.00. The molecule has 0 radical (unpaired) electrons. The van der Waals surface area contributed by atoms with Crippen molar-refractivity contribution in [2.75, 3.05) is 27.2 Å². The minimum Gasteiger partial charge on any atom is -0.358 e. The number of nitrogens with zero attached hydrogens (tertiary/aromatic N) is 1. The molecule has 0 aromatic heterocycles. The largest absolute Gasteiger partial charge is 0.358 e. The minimum atomic E-state index is -0.170. The fraction of sp³-hybridized carbons (Fsp3) is 0.600. The number of amides is 2. The number of hydrogen-bond acceptors (Lipinski definition) is 3. The Morgan fingerprint density at radius 1 is 1.08 bits per heavy atom. The van der Waals surface area contributed by atoms with Crippen LogP contribution in [0.5, 0.6) is 0 Å². The maximum absolute atomic E-state index is 12.2. The van der Waals surface area contributed by atoms with Gasteiger partial charge < -0.3 is 15.5 Å². The summed E-state index contributed by atoms with van der Waals surface area (Å²) in [4.78, 5) is 25.0. The van der Waals surface area contributed by atoms with E-state index in [0.717, 1.165) is 6.42 Å². The molecule has 1 rings (SSSR count). The minimum absolute atomic E-state index is 0.0764. The van der Waals surface area contributed by atoms with Crippen molar-refractivity contribution >= 4 is 11.8 Å². The molecule has 5 heteroatoms. The van der Waals surface area contributed by atoms with Crippen LogP contribution < -0.4 is 10.6 Å². The average molecular weight is 348 g/mol. The molecule has 0 aliphatic heterocycles. The monoisotopic (exact) mass is 347 g/mol. The lowest BCUT2D eigenvalue weighted by Gasteiger charge is -2.25. The number of rotatable bonds is 9. The summed E-state index contributed by atoms with van der Waals surface area (Å²) in [5, 5.41) is 5.87. The van der Waals surface area contributed by atoms with Crippen LogP contribution in [-0.4, -0.2) is 43.9 Å². The third-order valence-corrected chi connectivity index (χ3v) is 4.70. The van der Waals surface area contributed by atoms with Crippen LogP contribution in [0.3, 0.4) is 0 Å². The van der Waals surface area contributed by atoms with Crippen LogP contribution in [0.1, 0.15) is 57.2 Å². The van der Waals surface area contributed by atoms with Crippen LogP contribution in [0.25, 0.3) is 0 Å². The highest BCUT2D eigenvalue weighted by molar-refractivity contribution is 5.85. The maximum Gasteiger partial charge on any atom is 0.239 e. The topological polar surface area (TPSA) is 61.4 Å². The van der Waals surface area contributed by atoms with Gasteiger partial charge in [0.1, 0.15) is 0 Å². The van der Waals surface area contributed by atoms with Crippen LogP contribution in [0, 0.1) is 5.92 Å². The van der Waals surface area contributed by atoms with Crippen LogP contribution in [0.4, 0.5) is 0 Å². The van der Waals surface area contributed by atoms with Gasteiger partial charge in [0, 0.05) is 20.1 Å². The van der Waals surface area contributed by atoms with Crippen molar-refractivity contribution in [2.24, 2.45) is 5.92 Å². The Morgan fingerprint density at radius 3 is 2.12 bits per heavy atom. The van der Waals surface area contributed by atoms with Gasteiger partial charge in [0.2, 0.25) is 11.8 Å². The quantitative estimate of drug-likeness (QED) is 0.722. The van der Waals surface area contributed by atoms with Crippen molar-refractivity contribution < 1.29 is 9.59 Å². The summed E-state index contributed by atoms with van der Waals surface area (Å²) in [5.74, 6) is 0.647. The van der Waals surface area contributed by atoms with Gasteiger partial charge in [-0.05, 0) is 29.4 Å². The third kappa shape index (κ3) is 6.50. The van der Waals surface area contributed by atoms with E-state index in [-0.39, 0.29) is 30.9 Å². The second kappa shape index (κ2) is 10.2. The van der Waals surface area contributed by atoms with Crippen LogP contribution in [0.2, 0.25) is 0 Å². The molecule has 0 heterocycles. The van der Waals surface area contributed by atoms with E-state index in [1.54, 1.807) is 14.1 Å². The van der Waals surface area contributed by atoms with E-state index < -0.39 is 0 Å². The molecule has 2 amide bonds. The first kappa shape index (κ1) is 21.2. The summed E-state index contributed by atoms with van der Waals surface area (Å²) in [7, 11) is 3.21. The average Bonchev–Trinajstić information content (AvgIpc) is 2.60. The SMILES string of the molecule is CC[C@@H](C)c1ccc([C@H](NCC(=O)N(C)CC(=O)NC)C(C)C)cc1. The van der Waals surface area contributed by atoms with Gasteiger partial charge in [0.05, 0.1) is 13.1 Å². The number of likely N-dealkylation sites (N-methyl/N-ethyl adjacent to an activating group) is 2. The molecule has 25 heavy (non-hydrogen) atoms. The number of carbonyl (C=O) groups excluding carboxylic acids is 2. The summed E-state index contributed by atoms with van der Waals surface area (Å²) < 4.78 is 0. The molecule has 0 bridgehead atoms. The molecule has 0 aliphatic rings.